The molecule has 0 unspecified atom stereocenters. The molecule has 9 heteroatoms. The van der Waals surface area contributed by atoms with E-state index < -0.39 is 11.9 Å². The Bertz CT molecular complexity index is 900. The summed E-state index contributed by atoms with van der Waals surface area (Å²) in [6.45, 7) is 3.37. The topological polar surface area (TPSA) is 107 Å². The first-order valence-electron chi connectivity index (χ1n) is 9.21. The zero-order valence-electron chi connectivity index (χ0n) is 16.3. The second-order valence-electron chi connectivity index (χ2n) is 6.74. The van der Waals surface area contributed by atoms with Crippen LogP contribution in [-0.4, -0.2) is 52.1 Å². The lowest BCUT2D eigenvalue weighted by Crippen LogP contribution is -2.42. The van der Waals surface area contributed by atoms with Crippen molar-refractivity contribution in [1.29, 1.82) is 0 Å². The first kappa shape index (κ1) is 23.2. The van der Waals surface area contributed by atoms with Crippen LogP contribution in [0.5, 0.6) is 0 Å². The van der Waals surface area contributed by atoms with Gasteiger partial charge in [0.1, 0.15) is 5.82 Å². The van der Waals surface area contributed by atoms with Crippen molar-refractivity contribution in [3.63, 3.8) is 0 Å². The molecule has 7 nitrogen and oxygen atoms in total. The Labute approximate surface area is 178 Å². The highest BCUT2D eigenvalue weighted by molar-refractivity contribution is 6.31. The van der Waals surface area contributed by atoms with Crippen molar-refractivity contribution in [2.45, 2.75) is 25.8 Å². The van der Waals surface area contributed by atoms with Gasteiger partial charge in [-0.05, 0) is 61.7 Å². The third-order valence-electron chi connectivity index (χ3n) is 4.68. The molecule has 0 atom stereocenters. The number of anilines is 1. The third kappa shape index (κ3) is 6.45. The van der Waals surface area contributed by atoms with Gasteiger partial charge in [0, 0.05) is 35.4 Å². The van der Waals surface area contributed by atoms with Crippen LogP contribution in [0, 0.1) is 12.7 Å². The second kappa shape index (κ2) is 10.6. The first-order valence-corrected chi connectivity index (χ1v) is 9.59. The predicted octanol–water partition coefficient (Wildman–Crippen LogP) is 3.66. The number of carbonyl (C=O) groups is 3. The van der Waals surface area contributed by atoms with Crippen molar-refractivity contribution < 1.29 is 29.0 Å². The number of likely N-dealkylation sites (tertiary alicyclic amines) is 1. The van der Waals surface area contributed by atoms with Crippen molar-refractivity contribution in [3.8, 4) is 0 Å². The van der Waals surface area contributed by atoms with Crippen LogP contribution in [0.2, 0.25) is 5.02 Å². The van der Waals surface area contributed by atoms with Crippen molar-refractivity contribution in [2.75, 3.05) is 18.4 Å². The summed E-state index contributed by atoms with van der Waals surface area (Å²) in [5.74, 6) is -4.01. The molecule has 0 bridgehead atoms. The third-order valence-corrected chi connectivity index (χ3v) is 5.09. The molecule has 3 rings (SSSR count). The van der Waals surface area contributed by atoms with Gasteiger partial charge in [-0.15, -0.1) is 0 Å². The van der Waals surface area contributed by atoms with Crippen LogP contribution in [0.25, 0.3) is 0 Å². The molecule has 0 aromatic heterocycles. The van der Waals surface area contributed by atoms with Gasteiger partial charge in [0.2, 0.25) is 0 Å². The summed E-state index contributed by atoms with van der Waals surface area (Å²) in [5.41, 5.74) is 2.63. The molecule has 0 saturated carbocycles. The van der Waals surface area contributed by atoms with Gasteiger partial charge in [-0.2, -0.15) is 0 Å². The molecule has 3 N–H and O–H groups in total. The molecule has 0 radical (unpaired) electrons. The zero-order chi connectivity index (χ0) is 22.3. The smallest absolute Gasteiger partial charge is 0.414 e. The van der Waals surface area contributed by atoms with Crippen LogP contribution >= 0.6 is 11.6 Å². The zero-order valence-corrected chi connectivity index (χ0v) is 17.0. The maximum atomic E-state index is 13.0. The summed E-state index contributed by atoms with van der Waals surface area (Å²) < 4.78 is 13.0. The summed E-state index contributed by atoms with van der Waals surface area (Å²) in [7, 11) is 0. The number of nitrogens with one attached hydrogen (secondary N) is 1. The molecule has 160 valence electrons. The minimum Gasteiger partial charge on any atom is -0.473 e. The summed E-state index contributed by atoms with van der Waals surface area (Å²) in [6.07, 6.45) is 1.75. The molecule has 2 aromatic rings. The lowest BCUT2D eigenvalue weighted by Gasteiger charge is -2.33. The van der Waals surface area contributed by atoms with E-state index in [4.69, 9.17) is 31.4 Å². The fourth-order valence-electron chi connectivity index (χ4n) is 2.99. The molecule has 0 spiro atoms. The highest BCUT2D eigenvalue weighted by Gasteiger charge is 2.24. The van der Waals surface area contributed by atoms with E-state index in [1.165, 1.54) is 24.3 Å². The number of rotatable bonds is 3. The van der Waals surface area contributed by atoms with Crippen molar-refractivity contribution in [2.24, 2.45) is 0 Å². The Hall–Kier alpha value is -3.13. The van der Waals surface area contributed by atoms with E-state index in [0.29, 0.717) is 24.7 Å². The standard InChI is InChI=1S/C19H20ClFN2O.C2H2O4/c1-13-17(20)3-2-4-18(13)22-16-9-11-23(12-10-16)19(24)14-5-7-15(21)8-6-14;3-1(4)2(5)6/h2-8,16,22H,9-12H2,1H3;(H,3,4)(H,5,6). The van der Waals surface area contributed by atoms with Crippen LogP contribution < -0.4 is 5.32 Å². The highest BCUT2D eigenvalue weighted by atomic mass is 35.5. The molecule has 2 aromatic carbocycles. The van der Waals surface area contributed by atoms with Gasteiger partial charge in [-0.3, -0.25) is 4.79 Å². The van der Waals surface area contributed by atoms with E-state index in [0.717, 1.165) is 29.1 Å². The predicted molar refractivity (Wildman–Crippen MR) is 110 cm³/mol. The van der Waals surface area contributed by atoms with E-state index in [2.05, 4.69) is 5.32 Å². The van der Waals surface area contributed by atoms with Gasteiger partial charge in [0.15, 0.2) is 0 Å². The van der Waals surface area contributed by atoms with E-state index in [9.17, 15) is 9.18 Å². The number of amides is 1. The van der Waals surface area contributed by atoms with Crippen LogP contribution in [0.15, 0.2) is 42.5 Å². The average molecular weight is 437 g/mol. The van der Waals surface area contributed by atoms with Crippen LogP contribution in [0.1, 0.15) is 28.8 Å². The van der Waals surface area contributed by atoms with Gasteiger partial charge >= 0.3 is 11.9 Å². The average Bonchev–Trinajstić information content (AvgIpc) is 2.72. The molecule has 1 aliphatic rings. The largest absolute Gasteiger partial charge is 0.473 e. The van der Waals surface area contributed by atoms with Gasteiger partial charge < -0.3 is 20.4 Å². The Kier molecular flexibility index (Phi) is 8.17. The number of benzene rings is 2. The molecule has 1 aliphatic heterocycles. The number of halogens is 2. The number of carboxylic acids is 2. The molecule has 30 heavy (non-hydrogen) atoms. The fraction of sp³-hybridized carbons (Fsp3) is 0.286. The lowest BCUT2D eigenvalue weighted by molar-refractivity contribution is -0.159. The number of piperidine rings is 1. The van der Waals surface area contributed by atoms with E-state index in [-0.39, 0.29) is 11.7 Å². The monoisotopic (exact) mass is 436 g/mol. The maximum absolute atomic E-state index is 13.0. The van der Waals surface area contributed by atoms with Gasteiger partial charge in [0.25, 0.3) is 5.91 Å². The van der Waals surface area contributed by atoms with Gasteiger partial charge in [-0.1, -0.05) is 17.7 Å². The lowest BCUT2D eigenvalue weighted by atomic mass is 10.0. The number of carbonyl (C=O) groups excluding carboxylic acids is 1. The number of carboxylic acid groups (broad SMARTS) is 2. The molecular weight excluding hydrogens is 415 g/mol. The quantitative estimate of drug-likeness (QED) is 0.634. The van der Waals surface area contributed by atoms with Crippen molar-refractivity contribution in [3.05, 3.63) is 64.4 Å². The summed E-state index contributed by atoms with van der Waals surface area (Å²) >= 11 is 6.16. The number of hydrogen-bond acceptors (Lipinski definition) is 4. The molecule has 1 amide bonds. The Balaban J connectivity index is 0.000000469. The SMILES string of the molecule is Cc1c(Cl)cccc1NC1CCN(C(=O)c2ccc(F)cc2)CC1.O=C(O)C(=O)O. The summed E-state index contributed by atoms with van der Waals surface area (Å²) in [4.78, 5) is 32.5. The Morgan fingerprint density at radius 2 is 1.60 bits per heavy atom. The molecular formula is C21H22ClFN2O5. The maximum Gasteiger partial charge on any atom is 0.414 e. The van der Waals surface area contributed by atoms with E-state index in [1.807, 2.05) is 30.0 Å². The Morgan fingerprint density at radius 1 is 1.03 bits per heavy atom. The van der Waals surface area contributed by atoms with E-state index >= 15 is 0 Å². The molecule has 1 heterocycles. The van der Waals surface area contributed by atoms with Gasteiger partial charge in [0.05, 0.1) is 0 Å². The summed E-state index contributed by atoms with van der Waals surface area (Å²) in [6, 6.07) is 11.9. The Morgan fingerprint density at radius 3 is 2.13 bits per heavy atom. The fourth-order valence-corrected chi connectivity index (χ4v) is 3.16. The van der Waals surface area contributed by atoms with Crippen LogP contribution in [0.4, 0.5) is 10.1 Å². The number of nitrogens with zero attached hydrogens (tertiary/aromatic N) is 1. The van der Waals surface area contributed by atoms with Gasteiger partial charge in [-0.25, -0.2) is 14.0 Å². The first-order chi connectivity index (χ1) is 14.2. The molecule has 0 aliphatic carbocycles. The van der Waals surface area contributed by atoms with Crippen LogP contribution in [0.3, 0.4) is 0 Å². The minimum absolute atomic E-state index is 0.0348. The second-order valence-corrected chi connectivity index (χ2v) is 7.15. The normalized spacial score (nSPS) is 13.8. The van der Waals surface area contributed by atoms with Crippen molar-refractivity contribution in [1.82, 2.24) is 4.90 Å². The molecule has 1 fully saturated rings. The van der Waals surface area contributed by atoms with Crippen molar-refractivity contribution >= 4 is 35.1 Å². The summed E-state index contributed by atoms with van der Waals surface area (Å²) in [5, 5.41) is 19.1. The number of aliphatic carboxylic acids is 2. The number of hydrogen-bond donors (Lipinski definition) is 3. The minimum atomic E-state index is -1.82. The van der Waals surface area contributed by atoms with Crippen LogP contribution in [-0.2, 0) is 9.59 Å². The van der Waals surface area contributed by atoms with E-state index in [1.54, 1.807) is 0 Å². The molecule has 1 saturated heterocycles. The highest BCUT2D eigenvalue weighted by Crippen LogP contribution is 2.25.